The van der Waals surface area contributed by atoms with Crippen LogP contribution in [0.3, 0.4) is 0 Å². The molecule has 0 spiro atoms. The van der Waals surface area contributed by atoms with Crippen LogP contribution >= 0.6 is 29.1 Å². The molecular weight excluding hydrogens is 396 g/mol. The number of phosphoric acid groups is 1. The van der Waals surface area contributed by atoms with Crippen LogP contribution in [0.4, 0.5) is 0 Å². The molecule has 4 N–H and O–H groups in total. The average Bonchev–Trinajstić information content (AvgIpc) is 3.10. The Morgan fingerprint density at radius 1 is 1.28 bits per heavy atom. The molecule has 3 aliphatic rings. The molecule has 146 valence electrons. The minimum Gasteiger partial charge on any atom is -0.373 e. The Bertz CT molecular complexity index is 503. The summed E-state index contributed by atoms with van der Waals surface area (Å²) in [5.74, 6) is -0.337. The van der Waals surface area contributed by atoms with Gasteiger partial charge in [-0.1, -0.05) is 0 Å². The van der Waals surface area contributed by atoms with Gasteiger partial charge in [0.2, 0.25) is 0 Å². The standard InChI is InChI=1S/C12H23NO9P2S/c13-3-1-7-9-5-18-23(14)21-8-2-4-17-10(8)6-19-24(15,16)22-11(7)12(25)20-9/h7-12,14,25H,1-6,13H2,(H,15,16)/t7?,8-,9?,10?,11?,12?,23?/m1/s1. The lowest BCUT2D eigenvalue weighted by molar-refractivity contribution is -0.0105. The summed E-state index contributed by atoms with van der Waals surface area (Å²) in [6.07, 6.45) is -1.41. The van der Waals surface area contributed by atoms with Crippen LogP contribution in [0.1, 0.15) is 12.8 Å². The van der Waals surface area contributed by atoms with Gasteiger partial charge in [0.15, 0.2) is 0 Å². The molecule has 2 bridgehead atoms. The molecular formula is C12H23NO9P2S. The molecule has 0 aliphatic carbocycles. The molecule has 3 aliphatic heterocycles. The second kappa shape index (κ2) is 8.77. The first-order chi connectivity index (χ1) is 11.9. The summed E-state index contributed by atoms with van der Waals surface area (Å²) < 4.78 is 44.6. The van der Waals surface area contributed by atoms with Gasteiger partial charge < -0.3 is 34.0 Å². The van der Waals surface area contributed by atoms with Crippen LogP contribution < -0.4 is 5.73 Å². The predicted octanol–water partition coefficient (Wildman–Crippen LogP) is 0.532. The molecule has 3 saturated heterocycles. The van der Waals surface area contributed by atoms with Crippen LogP contribution in [0.25, 0.3) is 0 Å². The van der Waals surface area contributed by atoms with Gasteiger partial charge in [-0.25, -0.2) is 4.57 Å². The Morgan fingerprint density at radius 2 is 2.08 bits per heavy atom. The van der Waals surface area contributed by atoms with E-state index >= 15 is 0 Å². The van der Waals surface area contributed by atoms with E-state index in [9.17, 15) is 14.4 Å². The molecule has 10 nitrogen and oxygen atoms in total. The highest BCUT2D eigenvalue weighted by Crippen LogP contribution is 2.51. The number of nitrogens with two attached hydrogens (primary N) is 1. The Kier molecular flexibility index (Phi) is 7.15. The van der Waals surface area contributed by atoms with E-state index < -0.39 is 46.3 Å². The van der Waals surface area contributed by atoms with Crippen LogP contribution in [-0.4, -0.2) is 66.0 Å². The Balaban J connectivity index is 1.78. The van der Waals surface area contributed by atoms with E-state index in [0.29, 0.717) is 26.0 Å². The second-order valence-corrected chi connectivity index (χ2v) is 8.88. The van der Waals surface area contributed by atoms with Crippen LogP contribution in [0.2, 0.25) is 0 Å². The molecule has 0 saturated carbocycles. The first-order valence-electron chi connectivity index (χ1n) is 7.99. The number of thiol groups is 1. The SMILES string of the molecule is NCCC1C2COP(O)O[C@@H]3CCOC3COP(=O)(O)OC1C(S)O2. The van der Waals surface area contributed by atoms with Crippen LogP contribution in [0.5, 0.6) is 0 Å². The molecule has 13 heteroatoms. The smallest absolute Gasteiger partial charge is 0.373 e. The first-order valence-corrected chi connectivity index (χ1v) is 11.1. The summed E-state index contributed by atoms with van der Waals surface area (Å²) in [5.41, 5.74) is 4.88. The molecule has 0 amide bonds. The first kappa shape index (κ1) is 20.4. The van der Waals surface area contributed by atoms with Gasteiger partial charge in [-0.15, -0.1) is 12.6 Å². The molecule has 25 heavy (non-hydrogen) atoms. The van der Waals surface area contributed by atoms with Gasteiger partial charge in [-0.3, -0.25) is 9.05 Å². The molecule has 7 unspecified atom stereocenters. The number of hydrogen-bond donors (Lipinski definition) is 4. The lowest BCUT2D eigenvalue weighted by atomic mass is 9.96. The fourth-order valence-corrected chi connectivity index (χ4v) is 5.47. The van der Waals surface area contributed by atoms with E-state index in [1.807, 2.05) is 0 Å². The second-order valence-electron chi connectivity index (χ2n) is 6.02. The molecule has 0 radical (unpaired) electrons. The highest BCUT2D eigenvalue weighted by Gasteiger charge is 2.48. The van der Waals surface area contributed by atoms with E-state index in [4.69, 9.17) is 33.3 Å². The number of fused-ring (bicyclic) bond motifs is 3. The normalized spacial score (nSPS) is 49.0. The zero-order valence-corrected chi connectivity index (χ0v) is 16.1. The number of hydrogen-bond acceptors (Lipinski definition) is 10. The Morgan fingerprint density at radius 3 is 2.84 bits per heavy atom. The highest BCUT2D eigenvalue weighted by molar-refractivity contribution is 7.80. The average molecular weight is 419 g/mol. The topological polar surface area (TPSA) is 139 Å². The zero-order chi connectivity index (χ0) is 18.0. The van der Waals surface area contributed by atoms with Gasteiger partial charge in [0.1, 0.15) is 17.6 Å². The molecule has 3 rings (SSSR count). The number of phosphoric ester groups is 1. The largest absolute Gasteiger partial charge is 0.472 e. The van der Waals surface area contributed by atoms with Gasteiger partial charge in [0.05, 0.1) is 25.4 Å². The van der Waals surface area contributed by atoms with E-state index in [1.54, 1.807) is 0 Å². The van der Waals surface area contributed by atoms with Gasteiger partial charge >= 0.3 is 16.4 Å². The molecule has 0 aromatic rings. The predicted molar refractivity (Wildman–Crippen MR) is 89.8 cm³/mol. The van der Waals surface area contributed by atoms with E-state index in [-0.39, 0.29) is 19.1 Å². The fraction of sp³-hybridized carbons (Fsp3) is 1.00. The van der Waals surface area contributed by atoms with Crippen LogP contribution in [0.15, 0.2) is 0 Å². The van der Waals surface area contributed by atoms with E-state index in [0.717, 1.165) is 0 Å². The summed E-state index contributed by atoms with van der Waals surface area (Å²) in [5, 5.41) is 0. The van der Waals surface area contributed by atoms with Crippen molar-refractivity contribution in [1.29, 1.82) is 0 Å². The van der Waals surface area contributed by atoms with E-state index in [1.165, 1.54) is 0 Å². The van der Waals surface area contributed by atoms with Crippen LogP contribution in [0, 0.1) is 5.92 Å². The van der Waals surface area contributed by atoms with Crippen molar-refractivity contribution >= 4 is 29.1 Å². The van der Waals surface area contributed by atoms with Crippen molar-refractivity contribution in [3.05, 3.63) is 0 Å². The summed E-state index contributed by atoms with van der Waals surface area (Å²) in [6.45, 7) is 0.532. The van der Waals surface area contributed by atoms with Crippen molar-refractivity contribution in [3.63, 3.8) is 0 Å². The third-order valence-electron chi connectivity index (χ3n) is 4.38. The van der Waals surface area contributed by atoms with Crippen molar-refractivity contribution in [3.8, 4) is 0 Å². The maximum Gasteiger partial charge on any atom is 0.472 e. The minimum absolute atomic E-state index is 0.0264. The van der Waals surface area contributed by atoms with Crippen LogP contribution in [-0.2, 0) is 32.1 Å². The molecule has 3 heterocycles. The molecule has 0 aromatic carbocycles. The van der Waals surface area contributed by atoms with E-state index in [2.05, 4.69) is 12.6 Å². The monoisotopic (exact) mass is 419 g/mol. The van der Waals surface area contributed by atoms with Gasteiger partial charge in [-0.05, 0) is 13.0 Å². The summed E-state index contributed by atoms with van der Waals surface area (Å²) in [6, 6.07) is 0. The molecule has 0 aromatic heterocycles. The minimum atomic E-state index is -4.36. The summed E-state index contributed by atoms with van der Waals surface area (Å²) in [7, 11) is -6.51. The zero-order valence-electron chi connectivity index (χ0n) is 13.4. The van der Waals surface area contributed by atoms with Crippen molar-refractivity contribution in [2.75, 3.05) is 26.4 Å². The fourth-order valence-electron chi connectivity index (χ4n) is 3.16. The highest BCUT2D eigenvalue weighted by atomic mass is 32.1. The third-order valence-corrected chi connectivity index (χ3v) is 6.60. The summed E-state index contributed by atoms with van der Waals surface area (Å²) >= 11 is 4.28. The molecule has 3 fully saturated rings. The Labute approximate surface area is 152 Å². The third kappa shape index (κ3) is 5.13. The maximum atomic E-state index is 12.3. The van der Waals surface area contributed by atoms with Crippen molar-refractivity contribution in [2.45, 2.75) is 42.7 Å². The van der Waals surface area contributed by atoms with Crippen molar-refractivity contribution in [2.24, 2.45) is 11.7 Å². The summed E-state index contributed by atoms with van der Waals surface area (Å²) in [4.78, 5) is 20.1. The van der Waals surface area contributed by atoms with Crippen molar-refractivity contribution in [1.82, 2.24) is 0 Å². The van der Waals surface area contributed by atoms with Crippen molar-refractivity contribution < 1.29 is 41.9 Å². The molecule has 8 atom stereocenters. The van der Waals surface area contributed by atoms with Gasteiger partial charge in [0, 0.05) is 18.9 Å². The lowest BCUT2D eigenvalue weighted by Crippen LogP contribution is -2.32. The lowest BCUT2D eigenvalue weighted by Gasteiger charge is -2.24. The Hall–Kier alpha value is 0.650. The quantitative estimate of drug-likeness (QED) is 0.370. The number of rotatable bonds is 2. The van der Waals surface area contributed by atoms with Gasteiger partial charge in [-0.2, -0.15) is 0 Å². The van der Waals surface area contributed by atoms with Gasteiger partial charge in [0.25, 0.3) is 0 Å². The maximum absolute atomic E-state index is 12.3. The number of ether oxygens (including phenoxy) is 2.